The molecule has 76 valence electrons. The van der Waals surface area contributed by atoms with Crippen LogP contribution in [-0.2, 0) is 0 Å². The highest BCUT2D eigenvalue weighted by Gasteiger charge is 2.15. The van der Waals surface area contributed by atoms with E-state index in [0.717, 1.165) is 31.9 Å². The minimum atomic E-state index is 0.631. The van der Waals surface area contributed by atoms with E-state index in [0.29, 0.717) is 10.7 Å². The van der Waals surface area contributed by atoms with Crippen molar-refractivity contribution in [2.24, 2.45) is 0 Å². The third-order valence-corrected chi connectivity index (χ3v) is 2.61. The first-order valence-corrected chi connectivity index (χ1v) is 5.01. The van der Waals surface area contributed by atoms with Crippen LogP contribution < -0.4 is 16.0 Å². The summed E-state index contributed by atoms with van der Waals surface area (Å²) in [6.07, 6.45) is 3.28. The van der Waals surface area contributed by atoms with Crippen molar-refractivity contribution in [2.75, 3.05) is 36.8 Å². The third-order valence-electron chi connectivity index (χ3n) is 2.33. The number of nitrogens with one attached hydrogen (secondary N) is 1. The number of nitrogen functional groups attached to an aromatic ring is 1. The fourth-order valence-corrected chi connectivity index (χ4v) is 1.95. The SMILES string of the molecule is Nc1cncc(Cl)c1N1CCNCC1. The second kappa shape index (κ2) is 4.02. The first-order valence-electron chi connectivity index (χ1n) is 4.63. The Balaban J connectivity index is 2.29. The van der Waals surface area contributed by atoms with E-state index in [1.165, 1.54) is 0 Å². The Bertz CT molecular complexity index is 302. The number of aromatic nitrogens is 1. The van der Waals surface area contributed by atoms with E-state index in [-0.39, 0.29) is 0 Å². The Kier molecular flexibility index (Phi) is 2.74. The van der Waals surface area contributed by atoms with Crippen LogP contribution in [0.5, 0.6) is 0 Å². The molecule has 1 aliphatic rings. The average molecular weight is 213 g/mol. The van der Waals surface area contributed by atoms with Gasteiger partial charge in [0.2, 0.25) is 0 Å². The Morgan fingerprint density at radius 1 is 1.36 bits per heavy atom. The highest BCUT2D eigenvalue weighted by molar-refractivity contribution is 6.33. The molecule has 0 atom stereocenters. The zero-order valence-electron chi connectivity index (χ0n) is 7.83. The molecule has 5 heteroatoms. The Labute approximate surface area is 88.1 Å². The van der Waals surface area contributed by atoms with Crippen molar-refractivity contribution in [3.8, 4) is 0 Å². The highest BCUT2D eigenvalue weighted by Crippen LogP contribution is 2.30. The van der Waals surface area contributed by atoms with Gasteiger partial charge in [-0.05, 0) is 0 Å². The maximum absolute atomic E-state index is 6.06. The van der Waals surface area contributed by atoms with Gasteiger partial charge in [-0.1, -0.05) is 11.6 Å². The molecule has 1 aromatic heterocycles. The molecular weight excluding hydrogens is 200 g/mol. The van der Waals surface area contributed by atoms with Crippen molar-refractivity contribution in [3.63, 3.8) is 0 Å². The number of anilines is 2. The largest absolute Gasteiger partial charge is 0.396 e. The average Bonchev–Trinajstić information content (AvgIpc) is 2.19. The lowest BCUT2D eigenvalue weighted by Gasteiger charge is -2.30. The number of halogens is 1. The fraction of sp³-hybridized carbons (Fsp3) is 0.444. The van der Waals surface area contributed by atoms with E-state index in [4.69, 9.17) is 17.3 Å². The van der Waals surface area contributed by atoms with Crippen LogP contribution in [0.4, 0.5) is 11.4 Å². The van der Waals surface area contributed by atoms with Crippen molar-refractivity contribution in [1.29, 1.82) is 0 Å². The second-order valence-corrected chi connectivity index (χ2v) is 3.70. The van der Waals surface area contributed by atoms with Crippen molar-refractivity contribution >= 4 is 23.0 Å². The molecule has 0 aromatic carbocycles. The minimum Gasteiger partial charge on any atom is -0.396 e. The zero-order chi connectivity index (χ0) is 9.97. The summed E-state index contributed by atoms with van der Waals surface area (Å²) in [7, 11) is 0. The highest BCUT2D eigenvalue weighted by atomic mass is 35.5. The van der Waals surface area contributed by atoms with E-state index in [9.17, 15) is 0 Å². The first-order chi connectivity index (χ1) is 6.79. The number of nitrogens with zero attached hydrogens (tertiary/aromatic N) is 2. The van der Waals surface area contributed by atoms with E-state index in [2.05, 4.69) is 15.2 Å². The van der Waals surface area contributed by atoms with Gasteiger partial charge in [0.25, 0.3) is 0 Å². The van der Waals surface area contributed by atoms with Crippen LogP contribution in [0.25, 0.3) is 0 Å². The summed E-state index contributed by atoms with van der Waals surface area (Å²) in [5.74, 6) is 0. The summed E-state index contributed by atoms with van der Waals surface area (Å²) in [5, 5.41) is 3.91. The molecule has 1 aliphatic heterocycles. The predicted octanol–water partition coefficient (Wildman–Crippen LogP) is 0.727. The molecule has 2 rings (SSSR count). The molecular formula is C9H13ClN4. The normalized spacial score (nSPS) is 17.1. The molecule has 1 saturated heterocycles. The molecule has 14 heavy (non-hydrogen) atoms. The first kappa shape index (κ1) is 9.55. The van der Waals surface area contributed by atoms with Crippen LogP contribution in [0.15, 0.2) is 12.4 Å². The summed E-state index contributed by atoms with van der Waals surface area (Å²) in [4.78, 5) is 6.13. The predicted molar refractivity (Wildman–Crippen MR) is 58.7 cm³/mol. The molecule has 0 amide bonds. The maximum Gasteiger partial charge on any atom is 0.0843 e. The van der Waals surface area contributed by atoms with Gasteiger partial charge in [0.05, 0.1) is 22.6 Å². The molecule has 0 radical (unpaired) electrons. The van der Waals surface area contributed by atoms with E-state index >= 15 is 0 Å². The van der Waals surface area contributed by atoms with Gasteiger partial charge in [-0.25, -0.2) is 0 Å². The molecule has 0 saturated carbocycles. The van der Waals surface area contributed by atoms with E-state index < -0.39 is 0 Å². The van der Waals surface area contributed by atoms with Gasteiger partial charge in [0.15, 0.2) is 0 Å². The molecule has 0 aliphatic carbocycles. The zero-order valence-corrected chi connectivity index (χ0v) is 8.59. The smallest absolute Gasteiger partial charge is 0.0843 e. The van der Waals surface area contributed by atoms with Crippen LogP contribution >= 0.6 is 11.6 Å². The number of piperazine rings is 1. The molecule has 1 aromatic rings. The standard InChI is InChI=1S/C9H13ClN4/c10-7-5-13-6-8(11)9(7)14-3-1-12-2-4-14/h5-6,12H,1-4,11H2. The Hall–Kier alpha value is -1.00. The molecule has 0 unspecified atom stereocenters. The van der Waals surface area contributed by atoms with E-state index in [1.54, 1.807) is 12.4 Å². The van der Waals surface area contributed by atoms with Gasteiger partial charge in [0.1, 0.15) is 0 Å². The number of rotatable bonds is 1. The van der Waals surface area contributed by atoms with Crippen molar-refractivity contribution in [3.05, 3.63) is 17.4 Å². The molecule has 3 N–H and O–H groups in total. The number of hydrogen-bond acceptors (Lipinski definition) is 4. The molecule has 0 bridgehead atoms. The van der Waals surface area contributed by atoms with Crippen LogP contribution in [0.2, 0.25) is 5.02 Å². The van der Waals surface area contributed by atoms with Crippen LogP contribution in [0.1, 0.15) is 0 Å². The summed E-state index contributed by atoms with van der Waals surface area (Å²) in [6, 6.07) is 0. The lowest BCUT2D eigenvalue weighted by molar-refractivity contribution is 0.589. The van der Waals surface area contributed by atoms with Gasteiger partial charge < -0.3 is 16.0 Å². The van der Waals surface area contributed by atoms with Gasteiger partial charge in [0, 0.05) is 32.4 Å². The Morgan fingerprint density at radius 2 is 2.07 bits per heavy atom. The third kappa shape index (κ3) is 1.76. The van der Waals surface area contributed by atoms with Crippen LogP contribution in [0.3, 0.4) is 0 Å². The number of hydrogen-bond donors (Lipinski definition) is 2. The second-order valence-electron chi connectivity index (χ2n) is 3.30. The summed E-state index contributed by atoms with van der Waals surface area (Å²) < 4.78 is 0. The number of pyridine rings is 1. The van der Waals surface area contributed by atoms with Gasteiger partial charge in [-0.3, -0.25) is 4.98 Å². The van der Waals surface area contributed by atoms with Crippen molar-refractivity contribution < 1.29 is 0 Å². The minimum absolute atomic E-state index is 0.631. The number of nitrogens with two attached hydrogens (primary N) is 1. The molecule has 1 fully saturated rings. The molecule has 4 nitrogen and oxygen atoms in total. The lowest BCUT2D eigenvalue weighted by Crippen LogP contribution is -2.43. The lowest BCUT2D eigenvalue weighted by atomic mass is 10.2. The van der Waals surface area contributed by atoms with Gasteiger partial charge in [-0.15, -0.1) is 0 Å². The summed E-state index contributed by atoms with van der Waals surface area (Å²) in [6.45, 7) is 3.82. The molecule has 2 heterocycles. The summed E-state index contributed by atoms with van der Waals surface area (Å²) >= 11 is 6.06. The van der Waals surface area contributed by atoms with Gasteiger partial charge in [-0.2, -0.15) is 0 Å². The summed E-state index contributed by atoms with van der Waals surface area (Å²) in [5.41, 5.74) is 7.42. The monoisotopic (exact) mass is 212 g/mol. The van der Waals surface area contributed by atoms with E-state index in [1.807, 2.05) is 0 Å². The van der Waals surface area contributed by atoms with Crippen LogP contribution in [-0.4, -0.2) is 31.2 Å². The Morgan fingerprint density at radius 3 is 2.71 bits per heavy atom. The van der Waals surface area contributed by atoms with Crippen molar-refractivity contribution in [1.82, 2.24) is 10.3 Å². The van der Waals surface area contributed by atoms with Gasteiger partial charge >= 0.3 is 0 Å². The topological polar surface area (TPSA) is 54.2 Å². The quantitative estimate of drug-likeness (QED) is 0.721. The maximum atomic E-state index is 6.06. The van der Waals surface area contributed by atoms with Crippen molar-refractivity contribution in [2.45, 2.75) is 0 Å². The molecule has 0 spiro atoms. The van der Waals surface area contributed by atoms with Crippen LogP contribution in [0, 0.1) is 0 Å². The fourth-order valence-electron chi connectivity index (χ4n) is 1.67.